The van der Waals surface area contributed by atoms with E-state index in [1.54, 1.807) is 13.3 Å². The van der Waals surface area contributed by atoms with Gasteiger partial charge in [0.05, 0.1) is 7.11 Å². The van der Waals surface area contributed by atoms with Crippen molar-refractivity contribution in [2.45, 2.75) is 38.0 Å². The Hall–Kier alpha value is -2.30. The third-order valence-electron chi connectivity index (χ3n) is 4.83. The van der Waals surface area contributed by atoms with E-state index < -0.39 is 0 Å². The average molecular weight is 327 g/mol. The predicted octanol–water partition coefficient (Wildman–Crippen LogP) is 3.32. The zero-order valence-corrected chi connectivity index (χ0v) is 14.4. The second-order valence-corrected chi connectivity index (χ2v) is 6.50. The second-order valence-electron chi connectivity index (χ2n) is 6.50. The van der Waals surface area contributed by atoms with Gasteiger partial charge in [-0.25, -0.2) is 4.98 Å². The van der Waals surface area contributed by atoms with Crippen LogP contribution in [0.1, 0.15) is 49.4 Å². The second kappa shape index (κ2) is 7.51. The molecule has 1 aliphatic rings. The van der Waals surface area contributed by atoms with Gasteiger partial charge < -0.3 is 14.6 Å². The van der Waals surface area contributed by atoms with Gasteiger partial charge in [-0.1, -0.05) is 25.1 Å². The molecule has 0 spiro atoms. The molecule has 1 N–H and O–H groups in total. The van der Waals surface area contributed by atoms with E-state index in [4.69, 9.17) is 4.74 Å². The molecule has 5 nitrogen and oxygen atoms in total. The van der Waals surface area contributed by atoms with Gasteiger partial charge in [0.25, 0.3) is 0 Å². The van der Waals surface area contributed by atoms with Gasteiger partial charge in [-0.15, -0.1) is 0 Å². The standard InChI is InChI=1S/C19H25N3O2/c1-14(16-7-3-4-8-17(16)24-2)12-18(23)22-11-5-6-15(13-22)19-20-9-10-21-19/h3-4,7-10,14-15H,5-6,11-13H2,1-2H3,(H,20,21). The first-order chi connectivity index (χ1) is 11.7. The topological polar surface area (TPSA) is 58.2 Å². The number of hydrogen-bond donors (Lipinski definition) is 1. The zero-order valence-electron chi connectivity index (χ0n) is 14.4. The predicted molar refractivity (Wildman–Crippen MR) is 93.2 cm³/mol. The molecule has 0 bridgehead atoms. The van der Waals surface area contributed by atoms with Crippen LogP contribution in [0.5, 0.6) is 5.75 Å². The molecule has 1 amide bonds. The lowest BCUT2D eigenvalue weighted by Crippen LogP contribution is -2.39. The molecule has 0 saturated carbocycles. The van der Waals surface area contributed by atoms with Crippen molar-refractivity contribution in [2.24, 2.45) is 0 Å². The fourth-order valence-corrected chi connectivity index (χ4v) is 3.50. The minimum Gasteiger partial charge on any atom is -0.496 e. The van der Waals surface area contributed by atoms with E-state index in [2.05, 4.69) is 16.9 Å². The monoisotopic (exact) mass is 327 g/mol. The summed E-state index contributed by atoms with van der Waals surface area (Å²) in [5, 5.41) is 0. The number of piperidine rings is 1. The Kier molecular flexibility index (Phi) is 5.18. The molecular formula is C19H25N3O2. The number of aromatic amines is 1. The van der Waals surface area contributed by atoms with Crippen molar-refractivity contribution in [3.63, 3.8) is 0 Å². The number of benzene rings is 1. The number of nitrogens with zero attached hydrogens (tertiary/aromatic N) is 2. The molecular weight excluding hydrogens is 302 g/mol. The van der Waals surface area contributed by atoms with E-state index in [-0.39, 0.29) is 11.8 Å². The van der Waals surface area contributed by atoms with E-state index in [0.29, 0.717) is 12.3 Å². The van der Waals surface area contributed by atoms with Crippen LogP contribution in [0.15, 0.2) is 36.7 Å². The zero-order chi connectivity index (χ0) is 16.9. The number of rotatable bonds is 5. The Morgan fingerprint density at radius 1 is 1.46 bits per heavy atom. The number of hydrogen-bond acceptors (Lipinski definition) is 3. The lowest BCUT2D eigenvalue weighted by Gasteiger charge is -2.32. The molecule has 2 aromatic rings. The fraction of sp³-hybridized carbons (Fsp3) is 0.474. The van der Waals surface area contributed by atoms with Crippen molar-refractivity contribution in [3.8, 4) is 5.75 Å². The summed E-state index contributed by atoms with van der Waals surface area (Å²) in [5.41, 5.74) is 1.09. The van der Waals surface area contributed by atoms with Gasteiger partial charge in [0.15, 0.2) is 0 Å². The minimum atomic E-state index is 0.137. The lowest BCUT2D eigenvalue weighted by molar-refractivity contribution is -0.132. The van der Waals surface area contributed by atoms with Crippen LogP contribution >= 0.6 is 0 Å². The number of aromatic nitrogens is 2. The first-order valence-corrected chi connectivity index (χ1v) is 8.59. The maximum atomic E-state index is 12.8. The summed E-state index contributed by atoms with van der Waals surface area (Å²) in [4.78, 5) is 22.3. The SMILES string of the molecule is COc1ccccc1C(C)CC(=O)N1CCCC(c2ncc[nH]2)C1. The summed E-state index contributed by atoms with van der Waals surface area (Å²) < 4.78 is 5.42. The average Bonchev–Trinajstić information content (AvgIpc) is 3.16. The Morgan fingerprint density at radius 2 is 2.29 bits per heavy atom. The molecule has 3 rings (SSSR count). The smallest absolute Gasteiger partial charge is 0.223 e. The number of likely N-dealkylation sites (tertiary alicyclic amines) is 1. The van der Waals surface area contributed by atoms with Crippen molar-refractivity contribution in [3.05, 3.63) is 48.0 Å². The van der Waals surface area contributed by atoms with E-state index in [1.165, 1.54) is 0 Å². The Labute approximate surface area is 143 Å². The maximum Gasteiger partial charge on any atom is 0.223 e. The van der Waals surface area contributed by atoms with Crippen molar-refractivity contribution >= 4 is 5.91 Å². The van der Waals surface area contributed by atoms with Crippen LogP contribution in [0.3, 0.4) is 0 Å². The maximum absolute atomic E-state index is 12.8. The third kappa shape index (κ3) is 3.61. The number of para-hydroxylation sites is 1. The molecule has 1 saturated heterocycles. The molecule has 1 aliphatic heterocycles. The first-order valence-electron chi connectivity index (χ1n) is 8.59. The first kappa shape index (κ1) is 16.6. The van der Waals surface area contributed by atoms with Crippen molar-refractivity contribution in [2.75, 3.05) is 20.2 Å². The van der Waals surface area contributed by atoms with Crippen LogP contribution in [0.4, 0.5) is 0 Å². The summed E-state index contributed by atoms with van der Waals surface area (Å²) >= 11 is 0. The highest BCUT2D eigenvalue weighted by molar-refractivity contribution is 5.77. The molecule has 0 aliphatic carbocycles. The molecule has 128 valence electrons. The van der Waals surface area contributed by atoms with Gasteiger partial charge in [0.1, 0.15) is 11.6 Å². The lowest BCUT2D eigenvalue weighted by atomic mass is 9.94. The summed E-state index contributed by atoms with van der Waals surface area (Å²) in [6, 6.07) is 7.94. The number of carbonyl (C=O) groups is 1. The Balaban J connectivity index is 1.64. The van der Waals surface area contributed by atoms with Gasteiger partial charge >= 0.3 is 0 Å². The number of amides is 1. The highest BCUT2D eigenvalue weighted by Gasteiger charge is 2.27. The number of methoxy groups -OCH3 is 1. The molecule has 2 atom stereocenters. The quantitative estimate of drug-likeness (QED) is 0.916. The normalized spacial score (nSPS) is 19.1. The van der Waals surface area contributed by atoms with Crippen molar-refractivity contribution in [1.82, 2.24) is 14.9 Å². The summed E-state index contributed by atoms with van der Waals surface area (Å²) in [5.74, 6) is 2.51. The molecule has 0 radical (unpaired) electrons. The highest BCUT2D eigenvalue weighted by atomic mass is 16.5. The number of H-pyrrole nitrogens is 1. The molecule has 1 aromatic carbocycles. The number of ether oxygens (including phenoxy) is 1. The molecule has 5 heteroatoms. The van der Waals surface area contributed by atoms with E-state index in [9.17, 15) is 4.79 Å². The van der Waals surface area contributed by atoms with Crippen LogP contribution in [0, 0.1) is 0 Å². The van der Waals surface area contributed by atoms with Gasteiger partial charge in [-0.3, -0.25) is 4.79 Å². The summed E-state index contributed by atoms with van der Waals surface area (Å²) in [7, 11) is 1.67. The Bertz CT molecular complexity index is 669. The van der Waals surface area contributed by atoms with Crippen LogP contribution in [0.25, 0.3) is 0 Å². The van der Waals surface area contributed by atoms with Gasteiger partial charge in [-0.2, -0.15) is 0 Å². The van der Waals surface area contributed by atoms with E-state index >= 15 is 0 Å². The van der Waals surface area contributed by atoms with Gasteiger partial charge in [0, 0.05) is 37.8 Å². The van der Waals surface area contributed by atoms with Gasteiger partial charge in [-0.05, 0) is 30.4 Å². The van der Waals surface area contributed by atoms with Crippen LogP contribution in [-0.4, -0.2) is 41.0 Å². The van der Waals surface area contributed by atoms with Crippen molar-refractivity contribution in [1.29, 1.82) is 0 Å². The molecule has 1 fully saturated rings. The van der Waals surface area contributed by atoms with Crippen LogP contribution in [0.2, 0.25) is 0 Å². The van der Waals surface area contributed by atoms with Crippen LogP contribution < -0.4 is 4.74 Å². The van der Waals surface area contributed by atoms with Gasteiger partial charge in [0.2, 0.25) is 5.91 Å². The molecule has 2 unspecified atom stereocenters. The minimum absolute atomic E-state index is 0.137. The molecule has 2 heterocycles. The number of imidazole rings is 1. The van der Waals surface area contributed by atoms with Crippen LogP contribution in [-0.2, 0) is 4.79 Å². The summed E-state index contributed by atoms with van der Waals surface area (Å²) in [6.07, 6.45) is 6.24. The fourth-order valence-electron chi connectivity index (χ4n) is 3.50. The largest absolute Gasteiger partial charge is 0.496 e. The number of carbonyl (C=O) groups excluding carboxylic acids is 1. The molecule has 1 aromatic heterocycles. The Morgan fingerprint density at radius 3 is 3.04 bits per heavy atom. The van der Waals surface area contributed by atoms with E-state index in [1.807, 2.05) is 35.4 Å². The van der Waals surface area contributed by atoms with Crippen molar-refractivity contribution < 1.29 is 9.53 Å². The number of nitrogens with one attached hydrogen (secondary N) is 1. The van der Waals surface area contributed by atoms with E-state index in [0.717, 1.165) is 43.1 Å². The highest BCUT2D eigenvalue weighted by Crippen LogP contribution is 2.30. The third-order valence-corrected chi connectivity index (χ3v) is 4.83. The molecule has 24 heavy (non-hydrogen) atoms. The summed E-state index contributed by atoms with van der Waals surface area (Å²) in [6.45, 7) is 3.68.